The molecule has 0 aromatic rings. The van der Waals surface area contributed by atoms with E-state index in [0.717, 1.165) is 0 Å². The molecule has 0 N–H and O–H groups in total. The van der Waals surface area contributed by atoms with Crippen LogP contribution in [0.2, 0.25) is 0 Å². The fourth-order valence-corrected chi connectivity index (χ4v) is 1.90. The quantitative estimate of drug-likeness (QED) is 0.648. The molecule has 78 valence electrons. The molecule has 0 amide bonds. The Labute approximate surface area is 79.1 Å². The van der Waals surface area contributed by atoms with Crippen LogP contribution in [0.25, 0.3) is 0 Å². The van der Waals surface area contributed by atoms with Crippen LogP contribution in [0, 0.1) is 5.92 Å². The highest BCUT2D eigenvalue weighted by molar-refractivity contribution is 4.86. The fourth-order valence-electron chi connectivity index (χ4n) is 1.90. The Morgan fingerprint density at radius 2 is 2.08 bits per heavy atom. The van der Waals surface area contributed by atoms with Crippen LogP contribution in [0.5, 0.6) is 0 Å². The van der Waals surface area contributed by atoms with Crippen molar-refractivity contribution < 1.29 is 8.78 Å². The number of piperidine rings is 1. The Kier molecular flexibility index (Phi) is 3.28. The average molecular weight is 191 g/mol. The zero-order valence-corrected chi connectivity index (χ0v) is 8.69. The summed E-state index contributed by atoms with van der Waals surface area (Å²) in [6.45, 7) is 7.08. The molecule has 1 saturated heterocycles. The second-order valence-corrected chi connectivity index (χ2v) is 4.20. The Hall–Kier alpha value is -0.180. The third-order valence-electron chi connectivity index (χ3n) is 3.01. The summed E-state index contributed by atoms with van der Waals surface area (Å²) in [6.07, 6.45) is 0.611. The van der Waals surface area contributed by atoms with Gasteiger partial charge in [0.1, 0.15) is 0 Å². The normalized spacial score (nSPS) is 29.5. The van der Waals surface area contributed by atoms with Gasteiger partial charge in [-0.1, -0.05) is 6.92 Å². The zero-order chi connectivity index (χ0) is 10.1. The minimum atomic E-state index is -2.43. The van der Waals surface area contributed by atoms with Crippen molar-refractivity contribution in [1.29, 1.82) is 0 Å². The van der Waals surface area contributed by atoms with E-state index in [-0.39, 0.29) is 6.42 Å². The summed E-state index contributed by atoms with van der Waals surface area (Å²) in [7, 11) is 0. The molecule has 1 rings (SSSR count). The molecule has 0 radical (unpaired) electrons. The van der Waals surface area contributed by atoms with Gasteiger partial charge >= 0.3 is 0 Å². The molecule has 0 aromatic heterocycles. The van der Waals surface area contributed by atoms with E-state index in [1.54, 1.807) is 0 Å². The van der Waals surface area contributed by atoms with Crippen molar-refractivity contribution in [3.8, 4) is 0 Å². The molecule has 0 spiro atoms. The van der Waals surface area contributed by atoms with E-state index in [9.17, 15) is 8.78 Å². The van der Waals surface area contributed by atoms with Gasteiger partial charge in [-0.05, 0) is 20.3 Å². The molecule has 0 aliphatic carbocycles. The van der Waals surface area contributed by atoms with Crippen molar-refractivity contribution in [1.82, 2.24) is 4.90 Å². The van der Waals surface area contributed by atoms with E-state index in [0.29, 0.717) is 25.6 Å². The first kappa shape index (κ1) is 10.9. The van der Waals surface area contributed by atoms with E-state index in [2.05, 4.69) is 18.7 Å². The number of rotatable bonds is 2. The van der Waals surface area contributed by atoms with E-state index < -0.39 is 11.8 Å². The standard InChI is InChI=1S/C10H19F2N/c1-4-9-7-13(8(2)3)6-5-10(9,11)12/h8-9H,4-7H2,1-3H3/t9-/m1/s1. The van der Waals surface area contributed by atoms with Crippen LogP contribution in [0.3, 0.4) is 0 Å². The lowest BCUT2D eigenvalue weighted by molar-refractivity contribution is -0.111. The van der Waals surface area contributed by atoms with Crippen molar-refractivity contribution in [2.75, 3.05) is 13.1 Å². The Morgan fingerprint density at radius 1 is 1.46 bits per heavy atom. The van der Waals surface area contributed by atoms with Crippen molar-refractivity contribution in [2.24, 2.45) is 5.92 Å². The first-order valence-corrected chi connectivity index (χ1v) is 5.09. The van der Waals surface area contributed by atoms with Gasteiger partial charge in [0.2, 0.25) is 0 Å². The van der Waals surface area contributed by atoms with E-state index in [1.165, 1.54) is 0 Å². The van der Waals surface area contributed by atoms with Gasteiger partial charge < -0.3 is 4.90 Å². The number of nitrogens with zero attached hydrogens (tertiary/aromatic N) is 1. The largest absolute Gasteiger partial charge is 0.300 e. The highest BCUT2D eigenvalue weighted by atomic mass is 19.3. The molecule has 3 heteroatoms. The fraction of sp³-hybridized carbons (Fsp3) is 1.00. The van der Waals surface area contributed by atoms with Gasteiger partial charge in [0.05, 0.1) is 0 Å². The number of hydrogen-bond acceptors (Lipinski definition) is 1. The van der Waals surface area contributed by atoms with Crippen LogP contribution in [-0.4, -0.2) is 30.0 Å². The second-order valence-electron chi connectivity index (χ2n) is 4.20. The molecular weight excluding hydrogens is 172 g/mol. The van der Waals surface area contributed by atoms with Crippen molar-refractivity contribution in [3.05, 3.63) is 0 Å². The van der Waals surface area contributed by atoms with Crippen LogP contribution in [0.1, 0.15) is 33.6 Å². The third-order valence-corrected chi connectivity index (χ3v) is 3.01. The van der Waals surface area contributed by atoms with Crippen LogP contribution >= 0.6 is 0 Å². The minimum absolute atomic E-state index is 0.0314. The number of likely N-dealkylation sites (tertiary alicyclic amines) is 1. The van der Waals surface area contributed by atoms with Gasteiger partial charge in [0, 0.05) is 31.5 Å². The molecule has 1 heterocycles. The summed E-state index contributed by atoms with van der Waals surface area (Å²) in [5, 5.41) is 0. The molecule has 0 unspecified atom stereocenters. The molecule has 0 bridgehead atoms. The highest BCUT2D eigenvalue weighted by Crippen LogP contribution is 2.35. The molecular formula is C10H19F2N. The topological polar surface area (TPSA) is 3.24 Å². The lowest BCUT2D eigenvalue weighted by atomic mass is 9.90. The number of halogens is 2. The first-order chi connectivity index (χ1) is 5.97. The molecule has 13 heavy (non-hydrogen) atoms. The molecule has 0 aromatic carbocycles. The molecule has 1 nitrogen and oxygen atoms in total. The smallest absolute Gasteiger partial charge is 0.253 e. The SMILES string of the molecule is CC[C@@H]1CN(C(C)C)CCC1(F)F. The predicted octanol–water partition coefficient (Wildman–Crippen LogP) is 2.76. The van der Waals surface area contributed by atoms with Gasteiger partial charge in [0.25, 0.3) is 5.92 Å². The molecule has 1 atom stereocenters. The summed E-state index contributed by atoms with van der Waals surface area (Å²) in [5.74, 6) is -2.87. The lowest BCUT2D eigenvalue weighted by Crippen LogP contribution is -2.49. The van der Waals surface area contributed by atoms with Gasteiger partial charge in [-0.2, -0.15) is 0 Å². The van der Waals surface area contributed by atoms with Crippen molar-refractivity contribution in [3.63, 3.8) is 0 Å². The second kappa shape index (κ2) is 3.91. The van der Waals surface area contributed by atoms with Crippen LogP contribution in [-0.2, 0) is 0 Å². The van der Waals surface area contributed by atoms with Gasteiger partial charge in [0.15, 0.2) is 0 Å². The summed E-state index contributed by atoms with van der Waals surface area (Å²) < 4.78 is 26.6. The third kappa shape index (κ3) is 2.39. The van der Waals surface area contributed by atoms with Gasteiger partial charge in [-0.15, -0.1) is 0 Å². The molecule has 1 fully saturated rings. The molecule has 1 aliphatic heterocycles. The minimum Gasteiger partial charge on any atom is -0.300 e. The van der Waals surface area contributed by atoms with E-state index in [1.807, 2.05) is 6.92 Å². The molecule has 1 aliphatic rings. The van der Waals surface area contributed by atoms with Crippen LogP contribution in [0.15, 0.2) is 0 Å². The number of alkyl halides is 2. The van der Waals surface area contributed by atoms with Gasteiger partial charge in [-0.25, -0.2) is 8.78 Å². The zero-order valence-electron chi connectivity index (χ0n) is 8.69. The molecule has 0 saturated carbocycles. The monoisotopic (exact) mass is 191 g/mol. The highest BCUT2D eigenvalue weighted by Gasteiger charge is 2.42. The maximum atomic E-state index is 13.3. The summed E-state index contributed by atoms with van der Waals surface area (Å²) in [4.78, 5) is 2.14. The maximum Gasteiger partial charge on any atom is 0.253 e. The van der Waals surface area contributed by atoms with Crippen molar-refractivity contribution in [2.45, 2.75) is 45.6 Å². The maximum absolute atomic E-state index is 13.3. The number of hydrogen-bond donors (Lipinski definition) is 0. The van der Waals surface area contributed by atoms with Crippen LogP contribution in [0.4, 0.5) is 8.78 Å². The van der Waals surface area contributed by atoms with E-state index in [4.69, 9.17) is 0 Å². The Morgan fingerprint density at radius 3 is 2.54 bits per heavy atom. The summed E-state index contributed by atoms with van der Waals surface area (Å²) >= 11 is 0. The van der Waals surface area contributed by atoms with Gasteiger partial charge in [-0.3, -0.25) is 0 Å². The van der Waals surface area contributed by atoms with Crippen LogP contribution < -0.4 is 0 Å². The summed E-state index contributed by atoms with van der Waals surface area (Å²) in [6, 6.07) is 0.394. The predicted molar refractivity (Wildman–Crippen MR) is 50.1 cm³/mol. The summed E-state index contributed by atoms with van der Waals surface area (Å²) in [5.41, 5.74) is 0. The average Bonchev–Trinajstić information content (AvgIpc) is 2.03. The first-order valence-electron chi connectivity index (χ1n) is 5.09. The Balaban J connectivity index is 2.58. The van der Waals surface area contributed by atoms with E-state index >= 15 is 0 Å². The lowest BCUT2D eigenvalue weighted by Gasteiger charge is -2.40. The van der Waals surface area contributed by atoms with Crippen molar-refractivity contribution >= 4 is 0 Å². The Bertz CT molecular complexity index is 168.